The Hall–Kier alpha value is -1.97. The summed E-state index contributed by atoms with van der Waals surface area (Å²) >= 11 is 0. The molecule has 2 rings (SSSR count). The van der Waals surface area contributed by atoms with E-state index in [1.54, 1.807) is 12.4 Å². The highest BCUT2D eigenvalue weighted by Crippen LogP contribution is 2.20. The lowest BCUT2D eigenvalue weighted by Crippen LogP contribution is -2.33. The number of allylic oxidation sites excluding steroid dienone is 3. The molecule has 90 valence electrons. The van der Waals surface area contributed by atoms with Gasteiger partial charge in [0.25, 0.3) is 0 Å². The fourth-order valence-corrected chi connectivity index (χ4v) is 1.47. The van der Waals surface area contributed by atoms with E-state index in [2.05, 4.69) is 0 Å². The highest BCUT2D eigenvalue weighted by Gasteiger charge is 2.22. The summed E-state index contributed by atoms with van der Waals surface area (Å²) in [7, 11) is 0. The first-order valence-corrected chi connectivity index (χ1v) is 5.50. The molecule has 4 nitrogen and oxygen atoms in total. The lowest BCUT2D eigenvalue weighted by atomic mass is 10.2. The summed E-state index contributed by atoms with van der Waals surface area (Å²) < 4.78 is 5.29. The molecule has 0 saturated heterocycles. The second kappa shape index (κ2) is 4.13. The summed E-state index contributed by atoms with van der Waals surface area (Å²) in [6.07, 6.45) is 12.6. The standard InChI is InChI=1S/C13H16N2O2/c1-13(2,3)17-12(16)15-9-8-14-7-5-4-6-11(14)10-15/h4-10H,1-3H3. The predicted octanol–water partition coefficient (Wildman–Crippen LogP) is 2.94. The molecule has 0 aromatic rings. The third kappa shape index (κ3) is 2.78. The van der Waals surface area contributed by atoms with Crippen LogP contribution in [0.25, 0.3) is 0 Å². The van der Waals surface area contributed by atoms with Gasteiger partial charge in [0.05, 0.1) is 5.70 Å². The Bertz CT molecular complexity index is 439. The van der Waals surface area contributed by atoms with Crippen molar-refractivity contribution in [3.63, 3.8) is 0 Å². The highest BCUT2D eigenvalue weighted by molar-refractivity contribution is 5.71. The Balaban J connectivity index is 2.10. The van der Waals surface area contributed by atoms with Gasteiger partial charge in [0, 0.05) is 24.8 Å². The smallest absolute Gasteiger partial charge is 0.418 e. The summed E-state index contributed by atoms with van der Waals surface area (Å²) in [6.45, 7) is 5.55. The van der Waals surface area contributed by atoms with E-state index < -0.39 is 5.60 Å². The molecule has 17 heavy (non-hydrogen) atoms. The topological polar surface area (TPSA) is 32.8 Å². The van der Waals surface area contributed by atoms with Crippen molar-refractivity contribution in [2.45, 2.75) is 26.4 Å². The molecule has 0 bridgehead atoms. The number of carbonyl (C=O) groups is 1. The molecule has 0 atom stereocenters. The van der Waals surface area contributed by atoms with Gasteiger partial charge in [-0.2, -0.15) is 0 Å². The van der Waals surface area contributed by atoms with Crippen LogP contribution in [0.15, 0.2) is 48.7 Å². The van der Waals surface area contributed by atoms with Gasteiger partial charge in [0.1, 0.15) is 5.60 Å². The fourth-order valence-electron chi connectivity index (χ4n) is 1.47. The van der Waals surface area contributed by atoms with Crippen LogP contribution in [0.3, 0.4) is 0 Å². The van der Waals surface area contributed by atoms with E-state index in [4.69, 9.17) is 4.74 Å². The van der Waals surface area contributed by atoms with Crippen LogP contribution in [-0.2, 0) is 4.74 Å². The van der Waals surface area contributed by atoms with Gasteiger partial charge in [0.2, 0.25) is 0 Å². The molecule has 0 fully saturated rings. The average molecular weight is 232 g/mol. The second-order valence-corrected chi connectivity index (χ2v) is 4.85. The molecule has 2 aliphatic rings. The van der Waals surface area contributed by atoms with Crippen LogP contribution in [0, 0.1) is 0 Å². The van der Waals surface area contributed by atoms with Crippen molar-refractivity contribution in [1.82, 2.24) is 9.80 Å². The Labute approximate surface area is 101 Å². The third-order valence-electron chi connectivity index (χ3n) is 2.19. The van der Waals surface area contributed by atoms with Gasteiger partial charge in [-0.25, -0.2) is 4.79 Å². The van der Waals surface area contributed by atoms with Crippen LogP contribution in [0.5, 0.6) is 0 Å². The number of rotatable bonds is 0. The molecular formula is C13H16N2O2. The molecule has 4 heteroatoms. The number of amides is 1. The molecule has 0 aromatic carbocycles. The van der Waals surface area contributed by atoms with Crippen molar-refractivity contribution in [2.24, 2.45) is 0 Å². The van der Waals surface area contributed by atoms with Crippen LogP contribution in [-0.4, -0.2) is 21.5 Å². The van der Waals surface area contributed by atoms with Crippen LogP contribution >= 0.6 is 0 Å². The summed E-state index contributed by atoms with van der Waals surface area (Å²) in [5.74, 6) is 0. The maximum absolute atomic E-state index is 11.8. The molecule has 2 heterocycles. The lowest BCUT2D eigenvalue weighted by Gasteiger charge is -2.29. The largest absolute Gasteiger partial charge is 0.443 e. The van der Waals surface area contributed by atoms with Gasteiger partial charge in [0.15, 0.2) is 0 Å². The number of hydrogen-bond donors (Lipinski definition) is 0. The van der Waals surface area contributed by atoms with E-state index in [1.807, 2.05) is 56.3 Å². The maximum Gasteiger partial charge on any atom is 0.418 e. The van der Waals surface area contributed by atoms with E-state index in [0.29, 0.717) is 0 Å². The van der Waals surface area contributed by atoms with Crippen LogP contribution in [0.4, 0.5) is 4.79 Å². The molecule has 0 unspecified atom stereocenters. The Morgan fingerprint density at radius 1 is 1.18 bits per heavy atom. The molecule has 2 aliphatic heterocycles. The van der Waals surface area contributed by atoms with Crippen LogP contribution < -0.4 is 0 Å². The predicted molar refractivity (Wildman–Crippen MR) is 65.4 cm³/mol. The van der Waals surface area contributed by atoms with Gasteiger partial charge in [-0.05, 0) is 32.9 Å². The van der Waals surface area contributed by atoms with Crippen molar-refractivity contribution < 1.29 is 9.53 Å². The van der Waals surface area contributed by atoms with Crippen LogP contribution in [0.2, 0.25) is 0 Å². The molecule has 0 aromatic heterocycles. The molecule has 0 saturated carbocycles. The highest BCUT2D eigenvalue weighted by atomic mass is 16.6. The van der Waals surface area contributed by atoms with Gasteiger partial charge in [-0.3, -0.25) is 4.90 Å². The van der Waals surface area contributed by atoms with Crippen molar-refractivity contribution in [1.29, 1.82) is 0 Å². The zero-order valence-corrected chi connectivity index (χ0v) is 10.3. The average Bonchev–Trinajstić information content (AvgIpc) is 2.26. The van der Waals surface area contributed by atoms with E-state index in [-0.39, 0.29) is 6.09 Å². The zero-order chi connectivity index (χ0) is 12.5. The molecular weight excluding hydrogens is 216 g/mol. The SMILES string of the molecule is CC(C)(C)OC(=O)N1C=CN2C=CC=CC2=C1. The first-order valence-electron chi connectivity index (χ1n) is 5.50. The third-order valence-corrected chi connectivity index (χ3v) is 2.19. The van der Waals surface area contributed by atoms with Crippen molar-refractivity contribution in [3.05, 3.63) is 48.7 Å². The van der Waals surface area contributed by atoms with Gasteiger partial charge in [-0.1, -0.05) is 6.08 Å². The Morgan fingerprint density at radius 3 is 2.65 bits per heavy atom. The normalized spacial score (nSPS) is 17.9. The first-order chi connectivity index (χ1) is 7.96. The Morgan fingerprint density at radius 2 is 1.94 bits per heavy atom. The van der Waals surface area contributed by atoms with Gasteiger partial charge < -0.3 is 9.64 Å². The minimum absolute atomic E-state index is 0.371. The molecule has 1 amide bonds. The number of ether oxygens (including phenoxy) is 1. The molecule has 0 spiro atoms. The molecule has 0 aliphatic carbocycles. The quantitative estimate of drug-likeness (QED) is 0.643. The fraction of sp³-hybridized carbons (Fsp3) is 0.308. The van der Waals surface area contributed by atoms with E-state index in [1.165, 1.54) is 4.90 Å². The Kier molecular flexibility index (Phi) is 2.79. The number of hydrogen-bond acceptors (Lipinski definition) is 3. The van der Waals surface area contributed by atoms with Crippen molar-refractivity contribution >= 4 is 6.09 Å². The summed E-state index contributed by atoms with van der Waals surface area (Å²) in [5, 5.41) is 0. The van der Waals surface area contributed by atoms with Crippen LogP contribution in [0.1, 0.15) is 20.8 Å². The minimum atomic E-state index is -0.483. The van der Waals surface area contributed by atoms with E-state index >= 15 is 0 Å². The molecule has 0 N–H and O–H groups in total. The first kappa shape index (κ1) is 11.5. The summed E-state index contributed by atoms with van der Waals surface area (Å²) in [6, 6.07) is 0. The second-order valence-electron chi connectivity index (χ2n) is 4.85. The number of nitrogens with zero attached hydrogens (tertiary/aromatic N) is 2. The van der Waals surface area contributed by atoms with E-state index in [9.17, 15) is 4.79 Å². The number of fused-ring (bicyclic) bond motifs is 1. The number of carbonyl (C=O) groups excluding carboxylic acids is 1. The van der Waals surface area contributed by atoms with Crippen molar-refractivity contribution in [3.8, 4) is 0 Å². The monoisotopic (exact) mass is 232 g/mol. The molecule has 0 radical (unpaired) electrons. The minimum Gasteiger partial charge on any atom is -0.443 e. The summed E-state index contributed by atoms with van der Waals surface area (Å²) in [4.78, 5) is 15.2. The van der Waals surface area contributed by atoms with Gasteiger partial charge >= 0.3 is 6.09 Å². The van der Waals surface area contributed by atoms with E-state index in [0.717, 1.165) is 5.70 Å². The van der Waals surface area contributed by atoms with Crippen molar-refractivity contribution in [2.75, 3.05) is 0 Å². The van der Waals surface area contributed by atoms with Gasteiger partial charge in [-0.15, -0.1) is 0 Å². The maximum atomic E-state index is 11.8. The summed E-state index contributed by atoms with van der Waals surface area (Å²) in [5.41, 5.74) is 0.448. The lowest BCUT2D eigenvalue weighted by molar-refractivity contribution is 0.0393. The zero-order valence-electron chi connectivity index (χ0n) is 10.3.